The molecule has 116 valence electrons. The maximum Gasteiger partial charge on any atom is 0.190 e. The van der Waals surface area contributed by atoms with Gasteiger partial charge in [-0.1, -0.05) is 29.8 Å². The molecule has 2 aromatic carbocycles. The molecule has 0 saturated carbocycles. The lowest BCUT2D eigenvalue weighted by Gasteiger charge is -2.21. The molecule has 0 saturated heterocycles. The second-order valence-corrected chi connectivity index (χ2v) is 7.71. The number of ketones is 2. The van der Waals surface area contributed by atoms with E-state index in [2.05, 4.69) is 11.7 Å². The monoisotopic (exact) mass is 324 g/mol. The molecule has 0 heterocycles. The van der Waals surface area contributed by atoms with Crippen molar-refractivity contribution in [2.24, 2.45) is 0 Å². The maximum absolute atomic E-state index is 12.2. The summed E-state index contributed by atoms with van der Waals surface area (Å²) in [6.45, 7) is 2.00. The number of hydrogen-bond acceptors (Lipinski definition) is 3. The van der Waals surface area contributed by atoms with Crippen LogP contribution in [0, 0.1) is 6.92 Å². The standard InChI is InChI=1S/C19H16O3S/c1-13-7-9-14(10-8-13)23(2,3)22-18-6-4-5-15-16(20)11-12-17(21)19(15)18/h4-12H,2-3H2,1H3. The van der Waals surface area contributed by atoms with Gasteiger partial charge in [0, 0.05) is 10.5 Å². The molecule has 0 unspecified atom stereocenters. The lowest BCUT2D eigenvalue weighted by Crippen LogP contribution is -2.13. The molecule has 0 spiro atoms. The number of carbonyl (C=O) groups excluding carboxylic acids is 2. The van der Waals surface area contributed by atoms with E-state index in [1.807, 2.05) is 31.2 Å². The molecule has 1 aliphatic rings. The molecule has 3 rings (SSSR count). The van der Waals surface area contributed by atoms with E-state index in [0.717, 1.165) is 10.5 Å². The zero-order chi connectivity index (χ0) is 16.6. The van der Waals surface area contributed by atoms with Gasteiger partial charge in [-0.05, 0) is 58.5 Å². The molecule has 0 atom stereocenters. The van der Waals surface area contributed by atoms with Crippen LogP contribution in [0.25, 0.3) is 0 Å². The number of fused-ring (bicyclic) bond motifs is 1. The molecule has 0 N–H and O–H groups in total. The highest BCUT2D eigenvalue weighted by atomic mass is 32.2. The van der Waals surface area contributed by atoms with Crippen molar-refractivity contribution in [2.75, 3.05) is 0 Å². The van der Waals surface area contributed by atoms with Gasteiger partial charge in [-0.25, -0.2) is 0 Å². The predicted octanol–water partition coefficient (Wildman–Crippen LogP) is 3.95. The van der Waals surface area contributed by atoms with Crippen molar-refractivity contribution in [1.82, 2.24) is 0 Å². The van der Waals surface area contributed by atoms with Crippen LogP contribution in [0.1, 0.15) is 26.3 Å². The number of hydrogen-bond donors (Lipinski definition) is 0. The minimum absolute atomic E-state index is 0.200. The van der Waals surface area contributed by atoms with Gasteiger partial charge in [-0.15, -0.1) is 0 Å². The highest BCUT2D eigenvalue weighted by Gasteiger charge is 2.23. The van der Waals surface area contributed by atoms with Crippen molar-refractivity contribution < 1.29 is 13.8 Å². The number of rotatable bonds is 3. The summed E-state index contributed by atoms with van der Waals surface area (Å²) in [7, 11) is -2.09. The molecule has 0 bridgehead atoms. The van der Waals surface area contributed by atoms with Crippen molar-refractivity contribution in [3.05, 3.63) is 71.3 Å². The van der Waals surface area contributed by atoms with Gasteiger partial charge in [0.1, 0.15) is 5.75 Å². The molecule has 2 aromatic rings. The average molecular weight is 324 g/mol. The van der Waals surface area contributed by atoms with E-state index in [4.69, 9.17) is 4.18 Å². The van der Waals surface area contributed by atoms with E-state index in [1.165, 1.54) is 12.2 Å². The Morgan fingerprint density at radius 2 is 1.57 bits per heavy atom. The van der Waals surface area contributed by atoms with Crippen LogP contribution in [0.3, 0.4) is 0 Å². The first kappa shape index (κ1) is 15.3. The van der Waals surface area contributed by atoms with Gasteiger partial charge in [-0.2, -0.15) is 0 Å². The second-order valence-electron chi connectivity index (χ2n) is 5.45. The molecule has 0 aliphatic heterocycles. The zero-order valence-corrected chi connectivity index (χ0v) is 13.6. The van der Waals surface area contributed by atoms with E-state index >= 15 is 0 Å². The van der Waals surface area contributed by atoms with E-state index in [9.17, 15) is 9.59 Å². The minimum Gasteiger partial charge on any atom is -0.437 e. The van der Waals surface area contributed by atoms with E-state index in [0.29, 0.717) is 11.3 Å². The van der Waals surface area contributed by atoms with Gasteiger partial charge in [0.05, 0.1) is 5.56 Å². The third-order valence-electron chi connectivity index (χ3n) is 3.62. The Hall–Kier alpha value is -2.59. The van der Waals surface area contributed by atoms with Crippen molar-refractivity contribution >= 4 is 32.8 Å². The summed E-state index contributed by atoms with van der Waals surface area (Å²) >= 11 is 0. The molecule has 0 fully saturated rings. The molecule has 0 aromatic heterocycles. The van der Waals surface area contributed by atoms with Crippen LogP contribution >= 0.6 is 9.49 Å². The van der Waals surface area contributed by atoms with Crippen LogP contribution in [0.2, 0.25) is 0 Å². The number of allylic oxidation sites excluding steroid dienone is 2. The lowest BCUT2D eigenvalue weighted by molar-refractivity contribution is 0.0993. The molecule has 3 nitrogen and oxygen atoms in total. The van der Waals surface area contributed by atoms with Crippen molar-refractivity contribution in [1.29, 1.82) is 0 Å². The van der Waals surface area contributed by atoms with Gasteiger partial charge in [0.15, 0.2) is 11.6 Å². The van der Waals surface area contributed by atoms with E-state index < -0.39 is 9.49 Å². The Morgan fingerprint density at radius 3 is 2.26 bits per heavy atom. The first-order valence-corrected chi connectivity index (χ1v) is 8.93. The minimum atomic E-state index is -2.09. The fourth-order valence-electron chi connectivity index (χ4n) is 2.39. The topological polar surface area (TPSA) is 43.4 Å². The van der Waals surface area contributed by atoms with Crippen LogP contribution in [-0.2, 0) is 0 Å². The largest absolute Gasteiger partial charge is 0.437 e. The van der Waals surface area contributed by atoms with Crippen molar-refractivity contribution in [3.8, 4) is 5.75 Å². The van der Waals surface area contributed by atoms with Crippen LogP contribution < -0.4 is 4.18 Å². The second kappa shape index (κ2) is 5.56. The van der Waals surface area contributed by atoms with Crippen molar-refractivity contribution in [3.63, 3.8) is 0 Å². The summed E-state index contributed by atoms with van der Waals surface area (Å²) in [5.74, 6) is 8.10. The molecule has 0 amide bonds. The summed E-state index contributed by atoms with van der Waals surface area (Å²) in [5.41, 5.74) is 1.78. The molecular formula is C19H16O3S. The Balaban J connectivity index is 2.05. The van der Waals surface area contributed by atoms with Crippen LogP contribution in [0.5, 0.6) is 5.75 Å². The highest BCUT2D eigenvalue weighted by molar-refractivity contribution is 8.24. The van der Waals surface area contributed by atoms with Gasteiger partial charge in [-0.3, -0.25) is 9.59 Å². The van der Waals surface area contributed by atoms with Crippen LogP contribution in [0.15, 0.2) is 59.5 Å². The SMILES string of the molecule is C=S(=C)(Oc1cccc2c1C(=O)C=CC2=O)c1ccc(C)cc1. The molecule has 1 aliphatic carbocycles. The average Bonchev–Trinajstić information content (AvgIpc) is 2.51. The Bertz CT molecular complexity index is 933. The fourth-order valence-corrected chi connectivity index (χ4v) is 3.60. The number of aryl methyl sites for hydroxylation is 1. The van der Waals surface area contributed by atoms with Crippen LogP contribution in [-0.4, -0.2) is 23.3 Å². The molecule has 23 heavy (non-hydrogen) atoms. The maximum atomic E-state index is 12.2. The summed E-state index contributed by atoms with van der Waals surface area (Å²) in [6, 6.07) is 12.8. The first-order chi connectivity index (χ1) is 10.9. The Morgan fingerprint density at radius 1 is 0.913 bits per heavy atom. The lowest BCUT2D eigenvalue weighted by atomic mass is 9.94. The summed E-state index contributed by atoms with van der Waals surface area (Å²) in [4.78, 5) is 25.0. The van der Waals surface area contributed by atoms with Gasteiger partial charge >= 0.3 is 0 Å². The summed E-state index contributed by atoms with van der Waals surface area (Å²) < 4.78 is 6.00. The summed E-state index contributed by atoms with van der Waals surface area (Å²) in [6.07, 6.45) is 2.55. The normalized spacial score (nSPS) is 13.8. The predicted molar refractivity (Wildman–Crippen MR) is 96.1 cm³/mol. The molecule has 0 radical (unpaired) electrons. The molecular weight excluding hydrogens is 308 g/mol. The quantitative estimate of drug-likeness (QED) is 0.803. The van der Waals surface area contributed by atoms with Crippen molar-refractivity contribution in [2.45, 2.75) is 11.8 Å². The van der Waals surface area contributed by atoms with E-state index in [1.54, 1.807) is 18.2 Å². The smallest absolute Gasteiger partial charge is 0.190 e. The summed E-state index contributed by atoms with van der Waals surface area (Å²) in [5, 5.41) is 0. The first-order valence-electron chi connectivity index (χ1n) is 7.04. The van der Waals surface area contributed by atoms with Crippen LogP contribution in [0.4, 0.5) is 0 Å². The third kappa shape index (κ3) is 2.85. The highest BCUT2D eigenvalue weighted by Crippen LogP contribution is 2.38. The van der Waals surface area contributed by atoms with Gasteiger partial charge < -0.3 is 4.18 Å². The van der Waals surface area contributed by atoms with E-state index in [-0.39, 0.29) is 17.1 Å². The third-order valence-corrected chi connectivity index (χ3v) is 5.25. The van der Waals surface area contributed by atoms with Gasteiger partial charge in [0.2, 0.25) is 0 Å². The Kier molecular flexibility index (Phi) is 3.70. The Labute approximate surface area is 135 Å². The van der Waals surface area contributed by atoms with Gasteiger partial charge in [0.25, 0.3) is 0 Å². The number of benzene rings is 2. The number of carbonyl (C=O) groups is 2. The fraction of sp³-hybridized carbons (Fsp3) is 0.0526. The zero-order valence-electron chi connectivity index (χ0n) is 12.7. The molecule has 4 heteroatoms.